The van der Waals surface area contributed by atoms with Crippen molar-refractivity contribution in [1.82, 2.24) is 10.3 Å². The van der Waals surface area contributed by atoms with Crippen molar-refractivity contribution in [3.63, 3.8) is 0 Å². The number of aromatic nitrogens is 1. The largest absolute Gasteiger partial charge is 0.356 e. The van der Waals surface area contributed by atoms with E-state index in [-0.39, 0.29) is 17.3 Å². The number of hydrogen-bond acceptors (Lipinski definition) is 2. The molecule has 1 amide bonds. The summed E-state index contributed by atoms with van der Waals surface area (Å²) in [6.07, 6.45) is 1.92. The van der Waals surface area contributed by atoms with Crippen LogP contribution in [0, 0.1) is 12.7 Å². The molecule has 0 saturated heterocycles. The number of hydrogen-bond donors (Lipinski definition) is 2. The molecule has 0 spiro atoms. The van der Waals surface area contributed by atoms with E-state index in [1.165, 1.54) is 6.07 Å². The molecule has 0 unspecified atom stereocenters. The number of aromatic amines is 1. The lowest BCUT2D eigenvalue weighted by molar-refractivity contribution is -0.121. The summed E-state index contributed by atoms with van der Waals surface area (Å²) in [6.45, 7) is 2.41. The van der Waals surface area contributed by atoms with Gasteiger partial charge in [0, 0.05) is 24.0 Å². The number of pyridine rings is 1. The third-order valence-electron chi connectivity index (χ3n) is 4.60. The summed E-state index contributed by atoms with van der Waals surface area (Å²) in [5, 5.41) is 3.82. The number of nitrogens with one attached hydrogen (secondary N) is 2. The van der Waals surface area contributed by atoms with E-state index < -0.39 is 0 Å². The van der Waals surface area contributed by atoms with Crippen LogP contribution < -0.4 is 10.9 Å². The number of carbonyl (C=O) groups is 1. The average Bonchev–Trinajstić information content (AvgIpc) is 2.64. The normalized spacial score (nSPS) is 10.9. The predicted octanol–water partition coefficient (Wildman–Crippen LogP) is 3.66. The summed E-state index contributed by atoms with van der Waals surface area (Å²) in [7, 11) is 0. The molecule has 4 nitrogen and oxygen atoms in total. The first kappa shape index (κ1) is 18.8. The van der Waals surface area contributed by atoms with Crippen molar-refractivity contribution in [2.45, 2.75) is 32.6 Å². The Morgan fingerprint density at radius 3 is 2.70 bits per heavy atom. The average molecular weight is 366 g/mol. The highest BCUT2D eigenvalue weighted by molar-refractivity contribution is 5.79. The number of amides is 1. The monoisotopic (exact) mass is 366 g/mol. The zero-order valence-corrected chi connectivity index (χ0v) is 15.3. The van der Waals surface area contributed by atoms with Crippen LogP contribution in [-0.4, -0.2) is 17.4 Å². The Kier molecular flexibility index (Phi) is 6.01. The van der Waals surface area contributed by atoms with Crippen LogP contribution >= 0.6 is 0 Å². The number of rotatable bonds is 7. The zero-order valence-electron chi connectivity index (χ0n) is 15.3. The molecule has 0 aliphatic rings. The van der Waals surface area contributed by atoms with Crippen molar-refractivity contribution in [2.75, 3.05) is 6.54 Å². The lowest BCUT2D eigenvalue weighted by atomic mass is 10.1. The second kappa shape index (κ2) is 8.62. The summed E-state index contributed by atoms with van der Waals surface area (Å²) in [6, 6.07) is 14.4. The molecule has 27 heavy (non-hydrogen) atoms. The lowest BCUT2D eigenvalue weighted by Crippen LogP contribution is -2.27. The maximum atomic E-state index is 13.5. The third-order valence-corrected chi connectivity index (χ3v) is 4.60. The van der Waals surface area contributed by atoms with E-state index in [2.05, 4.69) is 10.3 Å². The molecule has 0 saturated carbocycles. The minimum absolute atomic E-state index is 0.0839. The van der Waals surface area contributed by atoms with Crippen molar-refractivity contribution < 1.29 is 9.18 Å². The SMILES string of the molecule is Cc1ccc2[nH]c(=O)c(CCNC(=O)CCCc3ccccc3F)cc2c1. The van der Waals surface area contributed by atoms with Crippen LogP contribution in [0.1, 0.15) is 29.5 Å². The predicted molar refractivity (Wildman–Crippen MR) is 105 cm³/mol. The van der Waals surface area contributed by atoms with Gasteiger partial charge in [0.15, 0.2) is 0 Å². The van der Waals surface area contributed by atoms with Crippen molar-refractivity contribution in [3.8, 4) is 0 Å². The van der Waals surface area contributed by atoms with Gasteiger partial charge in [-0.1, -0.05) is 29.8 Å². The minimum Gasteiger partial charge on any atom is -0.356 e. The van der Waals surface area contributed by atoms with Gasteiger partial charge < -0.3 is 10.3 Å². The fraction of sp³-hybridized carbons (Fsp3) is 0.273. The molecule has 3 aromatic rings. The fourth-order valence-corrected chi connectivity index (χ4v) is 3.12. The van der Waals surface area contributed by atoms with Gasteiger partial charge in [0.05, 0.1) is 0 Å². The highest BCUT2D eigenvalue weighted by atomic mass is 19.1. The van der Waals surface area contributed by atoms with Crippen LogP contribution in [0.2, 0.25) is 0 Å². The Bertz CT molecular complexity index is 1010. The van der Waals surface area contributed by atoms with E-state index in [0.29, 0.717) is 43.4 Å². The van der Waals surface area contributed by atoms with Crippen LogP contribution in [0.25, 0.3) is 10.9 Å². The van der Waals surface area contributed by atoms with Gasteiger partial charge in [-0.25, -0.2) is 4.39 Å². The van der Waals surface area contributed by atoms with Gasteiger partial charge in [0.2, 0.25) is 5.91 Å². The Balaban J connectivity index is 1.48. The first-order chi connectivity index (χ1) is 13.0. The van der Waals surface area contributed by atoms with Crippen LogP contribution in [0.3, 0.4) is 0 Å². The molecule has 5 heteroatoms. The minimum atomic E-state index is -0.233. The van der Waals surface area contributed by atoms with Crippen molar-refractivity contribution >= 4 is 16.8 Å². The van der Waals surface area contributed by atoms with Gasteiger partial charge >= 0.3 is 0 Å². The summed E-state index contributed by atoms with van der Waals surface area (Å²) in [4.78, 5) is 27.0. The second-order valence-electron chi connectivity index (χ2n) is 6.76. The zero-order chi connectivity index (χ0) is 19.2. The molecule has 2 aromatic carbocycles. The topological polar surface area (TPSA) is 62.0 Å². The van der Waals surface area contributed by atoms with Crippen molar-refractivity contribution in [2.24, 2.45) is 0 Å². The Labute approximate surface area is 157 Å². The van der Waals surface area contributed by atoms with E-state index >= 15 is 0 Å². The number of fused-ring (bicyclic) bond motifs is 1. The molecule has 140 valence electrons. The first-order valence-corrected chi connectivity index (χ1v) is 9.15. The van der Waals surface area contributed by atoms with E-state index in [0.717, 1.165) is 16.5 Å². The molecule has 0 bridgehead atoms. The number of aryl methyl sites for hydroxylation is 2. The lowest BCUT2D eigenvalue weighted by Gasteiger charge is -2.07. The van der Waals surface area contributed by atoms with Crippen LogP contribution in [0.15, 0.2) is 53.3 Å². The maximum absolute atomic E-state index is 13.5. The molecule has 0 atom stereocenters. The van der Waals surface area contributed by atoms with Crippen molar-refractivity contribution in [1.29, 1.82) is 0 Å². The first-order valence-electron chi connectivity index (χ1n) is 9.15. The molecule has 0 fully saturated rings. The van der Waals surface area contributed by atoms with E-state index in [1.807, 2.05) is 31.2 Å². The van der Waals surface area contributed by atoms with E-state index in [4.69, 9.17) is 0 Å². The number of carbonyl (C=O) groups excluding carboxylic acids is 1. The molecular formula is C22H23FN2O2. The van der Waals surface area contributed by atoms with E-state index in [9.17, 15) is 14.0 Å². The molecular weight excluding hydrogens is 343 g/mol. The third kappa shape index (κ3) is 5.03. The molecule has 0 aliphatic carbocycles. The van der Waals surface area contributed by atoms with Gasteiger partial charge in [-0.2, -0.15) is 0 Å². The molecule has 2 N–H and O–H groups in total. The quantitative estimate of drug-likeness (QED) is 0.670. The molecule has 1 heterocycles. The number of halogens is 1. The maximum Gasteiger partial charge on any atom is 0.251 e. The van der Waals surface area contributed by atoms with Gasteiger partial charge in [-0.3, -0.25) is 9.59 Å². The summed E-state index contributed by atoms with van der Waals surface area (Å²) in [5.41, 5.74) is 3.10. The fourth-order valence-electron chi connectivity index (χ4n) is 3.12. The molecule has 3 rings (SSSR count). The smallest absolute Gasteiger partial charge is 0.251 e. The number of benzene rings is 2. The van der Waals surface area contributed by atoms with Crippen molar-refractivity contribution in [3.05, 3.63) is 81.4 Å². The Morgan fingerprint density at radius 2 is 1.89 bits per heavy atom. The van der Waals surface area contributed by atoms with Crippen LogP contribution in [0.5, 0.6) is 0 Å². The summed E-state index contributed by atoms with van der Waals surface area (Å²) in [5.74, 6) is -0.317. The summed E-state index contributed by atoms with van der Waals surface area (Å²) >= 11 is 0. The Hall–Kier alpha value is -2.95. The standard InChI is InChI=1S/C22H23FN2O2/c1-15-9-10-20-18(13-15)14-17(22(27)25-20)11-12-24-21(26)8-4-6-16-5-2-3-7-19(16)23/h2-3,5,7,9-10,13-14H,4,6,8,11-12H2,1H3,(H,24,26)(H,25,27). The summed E-state index contributed by atoms with van der Waals surface area (Å²) < 4.78 is 13.5. The van der Waals surface area contributed by atoms with E-state index in [1.54, 1.807) is 18.2 Å². The van der Waals surface area contributed by atoms with Gasteiger partial charge in [-0.05, 0) is 61.4 Å². The highest BCUT2D eigenvalue weighted by Crippen LogP contribution is 2.13. The molecule has 0 aliphatic heterocycles. The van der Waals surface area contributed by atoms with Crippen LogP contribution in [-0.2, 0) is 17.6 Å². The van der Waals surface area contributed by atoms with Crippen LogP contribution in [0.4, 0.5) is 4.39 Å². The van der Waals surface area contributed by atoms with Gasteiger partial charge in [0.25, 0.3) is 5.56 Å². The number of H-pyrrole nitrogens is 1. The molecule has 1 aromatic heterocycles. The van der Waals surface area contributed by atoms with Gasteiger partial charge in [0.1, 0.15) is 5.82 Å². The second-order valence-corrected chi connectivity index (χ2v) is 6.76. The highest BCUT2D eigenvalue weighted by Gasteiger charge is 2.06. The van der Waals surface area contributed by atoms with Gasteiger partial charge in [-0.15, -0.1) is 0 Å². The Morgan fingerprint density at radius 1 is 1.07 bits per heavy atom. The molecule has 0 radical (unpaired) electrons.